The zero-order chi connectivity index (χ0) is 13.0. The molecule has 2 aromatic carbocycles. The molecule has 0 aromatic heterocycles. The highest BCUT2D eigenvalue weighted by molar-refractivity contribution is 6.33. The predicted molar refractivity (Wildman–Crippen MR) is 74.7 cm³/mol. The second kappa shape index (κ2) is 5.57. The smallest absolute Gasteiger partial charge is 0.0992 e. The van der Waals surface area contributed by atoms with Crippen LogP contribution in [0.1, 0.15) is 16.7 Å². The zero-order valence-corrected chi connectivity index (χ0v) is 10.8. The van der Waals surface area contributed by atoms with Crippen LogP contribution in [-0.2, 0) is 6.54 Å². The number of nitrogens with one attached hydrogen (secondary N) is 1. The van der Waals surface area contributed by atoms with Gasteiger partial charge in [0.05, 0.1) is 22.3 Å². The number of rotatable bonds is 3. The first-order valence-corrected chi connectivity index (χ1v) is 6.06. The third kappa shape index (κ3) is 2.82. The van der Waals surface area contributed by atoms with E-state index >= 15 is 0 Å². The number of nitrogens with zero attached hydrogens (tertiary/aromatic N) is 1. The Kier molecular flexibility index (Phi) is 3.86. The van der Waals surface area contributed by atoms with Gasteiger partial charge in [0.1, 0.15) is 0 Å². The van der Waals surface area contributed by atoms with Crippen LogP contribution in [0.3, 0.4) is 0 Å². The molecule has 0 radical (unpaired) electrons. The first-order chi connectivity index (χ1) is 8.70. The minimum Gasteiger partial charge on any atom is -0.380 e. The molecule has 0 bridgehead atoms. The Hall–Kier alpha value is -1.98. The van der Waals surface area contributed by atoms with Crippen LogP contribution in [0.25, 0.3) is 0 Å². The van der Waals surface area contributed by atoms with Crippen molar-refractivity contribution in [2.75, 3.05) is 5.32 Å². The fourth-order valence-electron chi connectivity index (χ4n) is 1.73. The highest BCUT2D eigenvalue weighted by Crippen LogP contribution is 2.23. The van der Waals surface area contributed by atoms with E-state index in [-0.39, 0.29) is 0 Å². The average Bonchev–Trinajstić information content (AvgIpc) is 2.39. The van der Waals surface area contributed by atoms with Crippen LogP contribution in [0.2, 0.25) is 5.02 Å². The average molecular weight is 257 g/mol. The van der Waals surface area contributed by atoms with Crippen molar-refractivity contribution in [1.29, 1.82) is 5.26 Å². The second-order valence-electron chi connectivity index (χ2n) is 4.09. The molecule has 0 aliphatic rings. The molecule has 2 rings (SSSR count). The molecule has 0 atom stereocenters. The van der Waals surface area contributed by atoms with Gasteiger partial charge in [-0.15, -0.1) is 0 Å². The number of benzene rings is 2. The molecule has 2 aromatic rings. The van der Waals surface area contributed by atoms with E-state index in [1.165, 1.54) is 11.1 Å². The summed E-state index contributed by atoms with van der Waals surface area (Å²) in [6.45, 7) is 2.77. The highest BCUT2D eigenvalue weighted by atomic mass is 35.5. The molecule has 0 spiro atoms. The SMILES string of the molecule is Cc1ccccc1CNc1cc(C#N)ccc1Cl. The van der Waals surface area contributed by atoms with Crippen LogP contribution in [0.5, 0.6) is 0 Å². The zero-order valence-electron chi connectivity index (χ0n) is 10.1. The molecule has 90 valence electrons. The van der Waals surface area contributed by atoms with Crippen molar-refractivity contribution in [2.24, 2.45) is 0 Å². The van der Waals surface area contributed by atoms with E-state index in [4.69, 9.17) is 16.9 Å². The first-order valence-electron chi connectivity index (χ1n) is 5.69. The van der Waals surface area contributed by atoms with Crippen LogP contribution in [-0.4, -0.2) is 0 Å². The van der Waals surface area contributed by atoms with Gasteiger partial charge in [0.15, 0.2) is 0 Å². The Labute approximate surface area is 112 Å². The van der Waals surface area contributed by atoms with Crippen LogP contribution in [0, 0.1) is 18.3 Å². The molecule has 0 saturated carbocycles. The number of halogens is 1. The summed E-state index contributed by atoms with van der Waals surface area (Å²) in [7, 11) is 0. The maximum Gasteiger partial charge on any atom is 0.0992 e. The summed E-state index contributed by atoms with van der Waals surface area (Å²) in [6, 6.07) is 15.5. The molecular weight excluding hydrogens is 244 g/mol. The normalized spacial score (nSPS) is 9.83. The summed E-state index contributed by atoms with van der Waals surface area (Å²) in [4.78, 5) is 0. The molecule has 0 unspecified atom stereocenters. The van der Waals surface area contributed by atoms with Crippen LogP contribution < -0.4 is 5.32 Å². The van der Waals surface area contributed by atoms with Crippen molar-refractivity contribution in [3.63, 3.8) is 0 Å². The Bertz CT molecular complexity index is 600. The van der Waals surface area contributed by atoms with E-state index in [1.54, 1.807) is 18.2 Å². The van der Waals surface area contributed by atoms with Crippen LogP contribution in [0.4, 0.5) is 5.69 Å². The van der Waals surface area contributed by atoms with E-state index in [1.807, 2.05) is 12.1 Å². The quantitative estimate of drug-likeness (QED) is 0.896. The van der Waals surface area contributed by atoms with Gasteiger partial charge in [-0.3, -0.25) is 0 Å². The summed E-state index contributed by atoms with van der Waals surface area (Å²) in [5.74, 6) is 0. The van der Waals surface area contributed by atoms with Crippen molar-refractivity contribution in [2.45, 2.75) is 13.5 Å². The summed E-state index contributed by atoms with van der Waals surface area (Å²) in [5.41, 5.74) is 3.85. The molecule has 0 amide bonds. The first kappa shape index (κ1) is 12.5. The van der Waals surface area contributed by atoms with Crippen molar-refractivity contribution in [3.8, 4) is 6.07 Å². The lowest BCUT2D eigenvalue weighted by Gasteiger charge is -2.10. The summed E-state index contributed by atoms with van der Waals surface area (Å²) >= 11 is 6.09. The third-order valence-electron chi connectivity index (χ3n) is 2.83. The predicted octanol–water partition coefficient (Wildman–Crippen LogP) is 4.13. The Morgan fingerprint density at radius 3 is 2.72 bits per heavy atom. The maximum absolute atomic E-state index is 8.86. The lowest BCUT2D eigenvalue weighted by Crippen LogP contribution is -2.01. The number of nitriles is 1. The van der Waals surface area contributed by atoms with E-state index < -0.39 is 0 Å². The molecule has 0 aliphatic heterocycles. The minimum atomic E-state index is 0.603. The molecule has 1 N–H and O–H groups in total. The molecule has 0 fully saturated rings. The molecule has 0 heterocycles. The number of aryl methyl sites for hydroxylation is 1. The lowest BCUT2D eigenvalue weighted by atomic mass is 10.1. The van der Waals surface area contributed by atoms with E-state index in [9.17, 15) is 0 Å². The number of hydrogen-bond donors (Lipinski definition) is 1. The van der Waals surface area contributed by atoms with Gasteiger partial charge in [0.25, 0.3) is 0 Å². The number of hydrogen-bond acceptors (Lipinski definition) is 2. The summed E-state index contributed by atoms with van der Waals surface area (Å²) in [6.07, 6.45) is 0. The van der Waals surface area contributed by atoms with E-state index in [0.29, 0.717) is 17.1 Å². The van der Waals surface area contributed by atoms with Gasteiger partial charge in [0, 0.05) is 6.54 Å². The van der Waals surface area contributed by atoms with Crippen molar-refractivity contribution >= 4 is 17.3 Å². The topological polar surface area (TPSA) is 35.8 Å². The van der Waals surface area contributed by atoms with Crippen LogP contribution >= 0.6 is 11.6 Å². The fourth-order valence-corrected chi connectivity index (χ4v) is 1.91. The number of anilines is 1. The minimum absolute atomic E-state index is 0.603. The third-order valence-corrected chi connectivity index (χ3v) is 3.16. The standard InChI is InChI=1S/C15H13ClN2/c1-11-4-2-3-5-13(11)10-18-15-8-12(9-17)6-7-14(15)16/h2-8,18H,10H2,1H3. The van der Waals surface area contributed by atoms with Gasteiger partial charge in [-0.25, -0.2) is 0 Å². The molecular formula is C15H13ClN2. The van der Waals surface area contributed by atoms with Gasteiger partial charge in [-0.2, -0.15) is 5.26 Å². The molecule has 18 heavy (non-hydrogen) atoms. The molecule has 0 aliphatic carbocycles. The van der Waals surface area contributed by atoms with Gasteiger partial charge < -0.3 is 5.32 Å². The summed E-state index contributed by atoms with van der Waals surface area (Å²) in [5, 5.41) is 12.8. The fraction of sp³-hybridized carbons (Fsp3) is 0.133. The van der Waals surface area contributed by atoms with E-state index in [2.05, 4.69) is 30.4 Å². The van der Waals surface area contributed by atoms with Crippen molar-refractivity contribution < 1.29 is 0 Å². The van der Waals surface area contributed by atoms with Gasteiger partial charge in [-0.1, -0.05) is 35.9 Å². The summed E-state index contributed by atoms with van der Waals surface area (Å²) < 4.78 is 0. The van der Waals surface area contributed by atoms with Crippen molar-refractivity contribution in [1.82, 2.24) is 0 Å². The molecule has 3 heteroatoms. The van der Waals surface area contributed by atoms with Gasteiger partial charge in [0.2, 0.25) is 0 Å². The van der Waals surface area contributed by atoms with Crippen LogP contribution in [0.15, 0.2) is 42.5 Å². The Morgan fingerprint density at radius 2 is 2.00 bits per heavy atom. The van der Waals surface area contributed by atoms with Gasteiger partial charge in [-0.05, 0) is 36.2 Å². The largest absolute Gasteiger partial charge is 0.380 e. The monoisotopic (exact) mass is 256 g/mol. The maximum atomic E-state index is 8.86. The molecule has 0 saturated heterocycles. The van der Waals surface area contributed by atoms with Crippen molar-refractivity contribution in [3.05, 3.63) is 64.2 Å². The van der Waals surface area contributed by atoms with Gasteiger partial charge >= 0.3 is 0 Å². The Morgan fingerprint density at radius 1 is 1.22 bits per heavy atom. The molecule has 2 nitrogen and oxygen atoms in total. The second-order valence-corrected chi connectivity index (χ2v) is 4.49. The highest BCUT2D eigenvalue weighted by Gasteiger charge is 2.02. The Balaban J connectivity index is 2.16. The van der Waals surface area contributed by atoms with E-state index in [0.717, 1.165) is 5.69 Å². The lowest BCUT2D eigenvalue weighted by molar-refractivity contribution is 1.12.